The zero-order valence-electron chi connectivity index (χ0n) is 14.3. The Morgan fingerprint density at radius 3 is 2.48 bits per heavy atom. The van der Waals surface area contributed by atoms with Crippen molar-refractivity contribution >= 4 is 5.91 Å². The number of nitrogens with zero attached hydrogens (tertiary/aromatic N) is 2. The lowest BCUT2D eigenvalue weighted by Crippen LogP contribution is -2.46. The number of carbonyl (C=O) groups excluding carboxylic acids is 1. The van der Waals surface area contributed by atoms with Crippen molar-refractivity contribution in [2.45, 2.75) is 39.3 Å². The van der Waals surface area contributed by atoms with Crippen LogP contribution in [0.3, 0.4) is 0 Å². The summed E-state index contributed by atoms with van der Waals surface area (Å²) in [5, 5.41) is 0. The molecular weight excluding hydrogens is 288 g/mol. The predicted molar refractivity (Wildman–Crippen MR) is 92.1 cm³/mol. The van der Waals surface area contributed by atoms with E-state index in [1.54, 1.807) is 14.0 Å². The number of hydrogen-bond donors (Lipinski definition) is 0. The fraction of sp³-hybridized carbons (Fsp3) is 0.526. The second-order valence-electron chi connectivity index (χ2n) is 5.82. The number of rotatable bonds is 5. The molecule has 1 aliphatic heterocycles. The highest BCUT2D eigenvalue weighted by Crippen LogP contribution is 2.20. The molecule has 0 bridgehead atoms. The van der Waals surface area contributed by atoms with Crippen LogP contribution in [0.4, 0.5) is 0 Å². The Labute approximate surface area is 139 Å². The largest absolute Gasteiger partial charge is 0.497 e. The summed E-state index contributed by atoms with van der Waals surface area (Å²) in [6.45, 7) is 7.68. The Kier molecular flexibility index (Phi) is 6.49. The second-order valence-corrected chi connectivity index (χ2v) is 5.82. The molecule has 0 unspecified atom stereocenters. The lowest BCUT2D eigenvalue weighted by molar-refractivity contribution is -0.129. The first-order valence-electron chi connectivity index (χ1n) is 8.26. The molecule has 1 heterocycles. The minimum absolute atomic E-state index is 0.0710. The Hall–Kier alpha value is -1.99. The van der Waals surface area contributed by atoms with Crippen molar-refractivity contribution in [3.05, 3.63) is 29.8 Å². The molecule has 0 aliphatic carbocycles. The molecule has 0 radical (unpaired) electrons. The van der Waals surface area contributed by atoms with Crippen molar-refractivity contribution in [3.8, 4) is 17.6 Å². The molecule has 0 spiro atoms. The lowest BCUT2D eigenvalue weighted by Gasteiger charge is -2.37. The first-order chi connectivity index (χ1) is 11.2. The lowest BCUT2D eigenvalue weighted by atomic mass is 10.0. The van der Waals surface area contributed by atoms with Gasteiger partial charge in [0.1, 0.15) is 5.75 Å². The van der Waals surface area contributed by atoms with E-state index in [0.29, 0.717) is 6.54 Å². The van der Waals surface area contributed by atoms with E-state index < -0.39 is 0 Å². The van der Waals surface area contributed by atoms with Crippen LogP contribution >= 0.6 is 0 Å². The molecule has 124 valence electrons. The molecule has 1 aromatic carbocycles. The standard InChI is InChI=1S/C19H26N2O2/c1-4-6-19(22)21(17-11-13-20(5-2)14-12-17)15-16-7-9-18(23-3)10-8-16/h7-10,17H,5,11-15H2,1-3H3. The molecule has 0 saturated carbocycles. The maximum atomic E-state index is 12.4. The van der Waals surface area contributed by atoms with Crippen LogP contribution in [0.15, 0.2) is 24.3 Å². The average Bonchev–Trinajstić information content (AvgIpc) is 2.60. The van der Waals surface area contributed by atoms with Gasteiger partial charge in [0.15, 0.2) is 0 Å². The Morgan fingerprint density at radius 1 is 1.30 bits per heavy atom. The first kappa shape index (κ1) is 17.4. The highest BCUT2D eigenvalue weighted by atomic mass is 16.5. The summed E-state index contributed by atoms with van der Waals surface area (Å²) in [5.74, 6) is 6.21. The van der Waals surface area contributed by atoms with Crippen LogP contribution in [0.2, 0.25) is 0 Å². The monoisotopic (exact) mass is 314 g/mol. The van der Waals surface area contributed by atoms with Crippen LogP contribution in [-0.2, 0) is 11.3 Å². The topological polar surface area (TPSA) is 32.8 Å². The van der Waals surface area contributed by atoms with Crippen molar-refractivity contribution in [2.75, 3.05) is 26.7 Å². The second kappa shape index (κ2) is 8.59. The van der Waals surface area contributed by atoms with Crippen LogP contribution in [0.25, 0.3) is 0 Å². The number of benzene rings is 1. The molecule has 1 saturated heterocycles. The SMILES string of the molecule is CC#CC(=O)N(Cc1ccc(OC)cc1)C1CCN(CC)CC1. The number of amides is 1. The molecule has 0 N–H and O–H groups in total. The summed E-state index contributed by atoms with van der Waals surface area (Å²) in [4.78, 5) is 16.8. The minimum atomic E-state index is -0.0710. The Morgan fingerprint density at radius 2 is 1.96 bits per heavy atom. The molecule has 4 nitrogen and oxygen atoms in total. The van der Waals surface area contributed by atoms with Crippen LogP contribution in [0, 0.1) is 11.8 Å². The van der Waals surface area contributed by atoms with E-state index in [9.17, 15) is 4.79 Å². The van der Waals surface area contributed by atoms with Crippen molar-refractivity contribution in [1.29, 1.82) is 0 Å². The van der Waals surface area contributed by atoms with E-state index in [0.717, 1.165) is 43.8 Å². The van der Waals surface area contributed by atoms with Crippen LogP contribution in [0.1, 0.15) is 32.3 Å². The molecule has 4 heteroatoms. The molecule has 1 fully saturated rings. The number of carbonyl (C=O) groups is 1. The van der Waals surface area contributed by atoms with Gasteiger partial charge in [-0.05, 0) is 49.9 Å². The molecular formula is C19H26N2O2. The molecule has 23 heavy (non-hydrogen) atoms. The Balaban J connectivity index is 2.10. The first-order valence-corrected chi connectivity index (χ1v) is 8.26. The van der Waals surface area contributed by atoms with Crippen molar-refractivity contribution in [3.63, 3.8) is 0 Å². The summed E-state index contributed by atoms with van der Waals surface area (Å²) >= 11 is 0. The third kappa shape index (κ3) is 4.74. The quantitative estimate of drug-likeness (QED) is 0.783. The Bertz CT molecular complexity index is 563. The number of methoxy groups -OCH3 is 1. The normalized spacial score (nSPS) is 15.6. The molecule has 1 aliphatic rings. The molecule has 0 atom stereocenters. The smallest absolute Gasteiger partial charge is 0.299 e. The van der Waals surface area contributed by atoms with Crippen molar-refractivity contribution < 1.29 is 9.53 Å². The van der Waals surface area contributed by atoms with E-state index in [4.69, 9.17) is 4.74 Å². The maximum Gasteiger partial charge on any atom is 0.299 e. The summed E-state index contributed by atoms with van der Waals surface area (Å²) in [6.07, 6.45) is 2.03. The molecule has 1 aromatic rings. The average molecular weight is 314 g/mol. The van der Waals surface area contributed by atoms with Gasteiger partial charge in [0.05, 0.1) is 7.11 Å². The fourth-order valence-corrected chi connectivity index (χ4v) is 3.02. The van der Waals surface area contributed by atoms with E-state index in [1.807, 2.05) is 29.2 Å². The van der Waals surface area contributed by atoms with E-state index in [-0.39, 0.29) is 11.9 Å². The zero-order valence-corrected chi connectivity index (χ0v) is 14.3. The van der Waals surface area contributed by atoms with E-state index in [2.05, 4.69) is 23.7 Å². The van der Waals surface area contributed by atoms with Crippen LogP contribution in [-0.4, -0.2) is 48.5 Å². The van der Waals surface area contributed by atoms with Gasteiger partial charge in [-0.1, -0.05) is 25.0 Å². The van der Waals surface area contributed by atoms with Gasteiger partial charge >= 0.3 is 0 Å². The number of hydrogen-bond acceptors (Lipinski definition) is 3. The van der Waals surface area contributed by atoms with Gasteiger partial charge in [-0.2, -0.15) is 0 Å². The van der Waals surface area contributed by atoms with Crippen LogP contribution < -0.4 is 4.74 Å². The highest BCUT2D eigenvalue weighted by molar-refractivity contribution is 5.93. The third-order valence-corrected chi connectivity index (χ3v) is 4.45. The summed E-state index contributed by atoms with van der Waals surface area (Å²) in [6, 6.07) is 8.17. The predicted octanol–water partition coefficient (Wildman–Crippen LogP) is 2.53. The van der Waals surface area contributed by atoms with Crippen molar-refractivity contribution in [2.24, 2.45) is 0 Å². The highest BCUT2D eigenvalue weighted by Gasteiger charge is 2.26. The van der Waals surface area contributed by atoms with Gasteiger partial charge in [-0.15, -0.1) is 0 Å². The minimum Gasteiger partial charge on any atom is -0.497 e. The summed E-state index contributed by atoms with van der Waals surface area (Å²) in [5.41, 5.74) is 1.11. The number of likely N-dealkylation sites (tertiary alicyclic amines) is 1. The zero-order chi connectivity index (χ0) is 16.7. The van der Waals surface area contributed by atoms with Crippen LogP contribution in [0.5, 0.6) is 5.75 Å². The van der Waals surface area contributed by atoms with Gasteiger partial charge in [0.25, 0.3) is 5.91 Å². The van der Waals surface area contributed by atoms with E-state index in [1.165, 1.54) is 0 Å². The maximum absolute atomic E-state index is 12.4. The molecule has 1 amide bonds. The van der Waals surface area contributed by atoms with E-state index >= 15 is 0 Å². The van der Waals surface area contributed by atoms with Gasteiger partial charge < -0.3 is 14.5 Å². The van der Waals surface area contributed by atoms with Gasteiger partial charge in [0.2, 0.25) is 0 Å². The molecule has 0 aromatic heterocycles. The third-order valence-electron chi connectivity index (χ3n) is 4.45. The summed E-state index contributed by atoms with van der Waals surface area (Å²) in [7, 11) is 1.66. The molecule has 2 rings (SSSR count). The number of piperidine rings is 1. The van der Waals surface area contributed by atoms with Gasteiger partial charge in [0, 0.05) is 25.7 Å². The number of ether oxygens (including phenoxy) is 1. The summed E-state index contributed by atoms with van der Waals surface area (Å²) < 4.78 is 5.19. The van der Waals surface area contributed by atoms with Gasteiger partial charge in [-0.25, -0.2) is 0 Å². The van der Waals surface area contributed by atoms with Gasteiger partial charge in [-0.3, -0.25) is 4.79 Å². The fourth-order valence-electron chi connectivity index (χ4n) is 3.02. The van der Waals surface area contributed by atoms with Crippen molar-refractivity contribution in [1.82, 2.24) is 9.80 Å².